The molecule has 0 radical (unpaired) electrons. The zero-order valence-electron chi connectivity index (χ0n) is 12.2. The third-order valence-corrected chi connectivity index (χ3v) is 5.35. The van der Waals surface area contributed by atoms with Crippen molar-refractivity contribution in [1.82, 2.24) is 0 Å². The Balaban J connectivity index is 1.76. The highest BCUT2D eigenvalue weighted by Gasteiger charge is 2.41. The van der Waals surface area contributed by atoms with E-state index in [0.717, 1.165) is 25.7 Å². The number of rotatable bonds is 2. The van der Waals surface area contributed by atoms with Gasteiger partial charge < -0.3 is 9.84 Å². The topological polar surface area (TPSA) is 29.5 Å². The molecule has 2 fully saturated rings. The van der Waals surface area contributed by atoms with Gasteiger partial charge in [-0.25, -0.2) is 4.39 Å². The van der Waals surface area contributed by atoms with Crippen LogP contribution in [0.25, 0.3) is 0 Å². The second-order valence-corrected chi connectivity index (χ2v) is 6.86. The first-order valence-electron chi connectivity index (χ1n) is 7.87. The van der Waals surface area contributed by atoms with Crippen molar-refractivity contribution in [3.63, 3.8) is 0 Å². The van der Waals surface area contributed by atoms with Gasteiger partial charge in [0.05, 0.1) is 11.7 Å². The summed E-state index contributed by atoms with van der Waals surface area (Å²) in [4.78, 5) is 0. The van der Waals surface area contributed by atoms with Crippen LogP contribution in [0.1, 0.15) is 56.6 Å². The molecule has 1 aromatic carbocycles. The van der Waals surface area contributed by atoms with Crippen LogP contribution in [0.3, 0.4) is 0 Å². The summed E-state index contributed by atoms with van der Waals surface area (Å²) in [6.45, 7) is 0.695. The van der Waals surface area contributed by atoms with Crippen LogP contribution in [0.2, 0.25) is 5.02 Å². The molecule has 1 saturated heterocycles. The van der Waals surface area contributed by atoms with Gasteiger partial charge in [0.15, 0.2) is 0 Å². The van der Waals surface area contributed by atoms with Gasteiger partial charge in [0.25, 0.3) is 0 Å². The third kappa shape index (κ3) is 3.25. The molecule has 2 unspecified atom stereocenters. The highest BCUT2D eigenvalue weighted by atomic mass is 35.5. The minimum atomic E-state index is -0.638. The molecule has 1 heterocycles. The van der Waals surface area contributed by atoms with Crippen LogP contribution in [0.5, 0.6) is 0 Å². The van der Waals surface area contributed by atoms with E-state index in [9.17, 15) is 9.50 Å². The van der Waals surface area contributed by atoms with Gasteiger partial charge in [0.1, 0.15) is 5.82 Å². The van der Waals surface area contributed by atoms with Crippen LogP contribution in [0.15, 0.2) is 18.2 Å². The van der Waals surface area contributed by atoms with Crippen LogP contribution < -0.4 is 0 Å². The van der Waals surface area contributed by atoms with Gasteiger partial charge in [-0.3, -0.25) is 0 Å². The Labute approximate surface area is 130 Å². The summed E-state index contributed by atoms with van der Waals surface area (Å²) >= 11 is 6.09. The van der Waals surface area contributed by atoms with Crippen molar-refractivity contribution < 1.29 is 14.2 Å². The maximum absolute atomic E-state index is 13.2. The Morgan fingerprint density at radius 1 is 1.29 bits per heavy atom. The number of aliphatic hydroxyl groups is 1. The van der Waals surface area contributed by atoms with Gasteiger partial charge in [-0.05, 0) is 49.3 Å². The molecule has 21 heavy (non-hydrogen) atoms. The highest BCUT2D eigenvalue weighted by Crippen LogP contribution is 2.45. The van der Waals surface area contributed by atoms with E-state index in [1.165, 1.54) is 31.4 Å². The van der Waals surface area contributed by atoms with Gasteiger partial charge in [0.2, 0.25) is 0 Å². The number of halogens is 2. The van der Waals surface area contributed by atoms with Crippen molar-refractivity contribution in [3.05, 3.63) is 34.6 Å². The molecule has 2 nitrogen and oxygen atoms in total. The molecular formula is C17H22ClFO2. The van der Waals surface area contributed by atoms with E-state index in [4.69, 9.17) is 16.3 Å². The van der Waals surface area contributed by atoms with Crippen molar-refractivity contribution in [1.29, 1.82) is 0 Å². The zero-order valence-corrected chi connectivity index (χ0v) is 12.9. The maximum atomic E-state index is 13.2. The molecule has 0 bridgehead atoms. The molecule has 1 aliphatic heterocycles. The van der Waals surface area contributed by atoms with Gasteiger partial charge in [-0.15, -0.1) is 0 Å². The summed E-state index contributed by atoms with van der Waals surface area (Å²) in [5, 5.41) is 11.0. The standard InChI is InChI=1S/C17H22ClFO2/c18-15-10-13(19)4-5-14(15)16(20)12-6-9-21-17(11-12)7-2-1-3-8-17/h4-5,10,12,16,20H,1-3,6-9,11H2. The number of benzene rings is 1. The normalized spacial score (nSPS) is 26.7. The number of aliphatic hydroxyl groups excluding tert-OH is 1. The lowest BCUT2D eigenvalue weighted by molar-refractivity contribution is -0.134. The van der Waals surface area contributed by atoms with E-state index in [1.54, 1.807) is 6.07 Å². The highest BCUT2D eigenvalue weighted by molar-refractivity contribution is 6.31. The van der Waals surface area contributed by atoms with Crippen LogP contribution in [-0.2, 0) is 4.74 Å². The molecule has 2 aliphatic rings. The summed E-state index contributed by atoms with van der Waals surface area (Å²) in [6.07, 6.45) is 6.95. The van der Waals surface area contributed by atoms with Crippen LogP contribution in [-0.4, -0.2) is 17.3 Å². The van der Waals surface area contributed by atoms with Gasteiger partial charge in [-0.1, -0.05) is 36.9 Å². The Kier molecular flexibility index (Phi) is 4.53. The molecule has 1 N–H and O–H groups in total. The Bertz CT molecular complexity index is 494. The summed E-state index contributed by atoms with van der Waals surface area (Å²) in [6, 6.07) is 4.24. The molecule has 1 spiro atoms. The Morgan fingerprint density at radius 2 is 2.05 bits per heavy atom. The fraction of sp³-hybridized carbons (Fsp3) is 0.647. The van der Waals surface area contributed by atoms with Crippen LogP contribution >= 0.6 is 11.6 Å². The fourth-order valence-electron chi connectivity index (χ4n) is 3.88. The van der Waals surface area contributed by atoms with Crippen LogP contribution in [0.4, 0.5) is 4.39 Å². The minimum absolute atomic E-state index is 0.0470. The molecule has 0 aromatic heterocycles. The zero-order chi connectivity index (χ0) is 14.9. The van der Waals surface area contributed by atoms with Crippen molar-refractivity contribution in [2.75, 3.05) is 6.61 Å². The number of hydrogen-bond donors (Lipinski definition) is 1. The fourth-order valence-corrected chi connectivity index (χ4v) is 4.15. The SMILES string of the molecule is OC(c1ccc(F)cc1Cl)C1CCOC2(CCCCC2)C1. The van der Waals surface area contributed by atoms with E-state index < -0.39 is 6.10 Å². The van der Waals surface area contributed by atoms with Gasteiger partial charge >= 0.3 is 0 Å². The van der Waals surface area contributed by atoms with Crippen molar-refractivity contribution in [2.45, 2.75) is 56.7 Å². The molecule has 1 aliphatic carbocycles. The summed E-state index contributed by atoms with van der Waals surface area (Å²) in [5.41, 5.74) is 0.588. The Morgan fingerprint density at radius 3 is 2.76 bits per heavy atom. The molecule has 116 valence electrons. The molecule has 1 saturated carbocycles. The van der Waals surface area contributed by atoms with E-state index in [1.807, 2.05) is 0 Å². The number of ether oxygens (including phenoxy) is 1. The van der Waals surface area contributed by atoms with Crippen molar-refractivity contribution in [3.8, 4) is 0 Å². The first kappa shape index (κ1) is 15.3. The lowest BCUT2D eigenvalue weighted by Gasteiger charge is -2.44. The first-order chi connectivity index (χ1) is 10.1. The molecular weight excluding hydrogens is 291 g/mol. The van der Waals surface area contributed by atoms with E-state index in [-0.39, 0.29) is 17.3 Å². The molecule has 2 atom stereocenters. The van der Waals surface area contributed by atoms with E-state index in [0.29, 0.717) is 17.2 Å². The molecule has 3 rings (SSSR count). The van der Waals surface area contributed by atoms with Crippen molar-refractivity contribution >= 4 is 11.6 Å². The maximum Gasteiger partial charge on any atom is 0.124 e. The minimum Gasteiger partial charge on any atom is -0.388 e. The second-order valence-electron chi connectivity index (χ2n) is 6.46. The lowest BCUT2D eigenvalue weighted by Crippen LogP contribution is -2.42. The van der Waals surface area contributed by atoms with Gasteiger partial charge in [-0.2, -0.15) is 0 Å². The summed E-state index contributed by atoms with van der Waals surface area (Å²) in [7, 11) is 0. The molecule has 1 aromatic rings. The lowest BCUT2D eigenvalue weighted by atomic mass is 9.74. The first-order valence-corrected chi connectivity index (χ1v) is 8.24. The molecule has 0 amide bonds. The van der Waals surface area contributed by atoms with Crippen molar-refractivity contribution in [2.24, 2.45) is 5.92 Å². The predicted molar refractivity (Wildman–Crippen MR) is 80.9 cm³/mol. The Hall–Kier alpha value is -0.640. The average Bonchev–Trinajstić information content (AvgIpc) is 2.47. The number of hydrogen-bond acceptors (Lipinski definition) is 2. The monoisotopic (exact) mass is 312 g/mol. The smallest absolute Gasteiger partial charge is 0.124 e. The van der Waals surface area contributed by atoms with Crippen LogP contribution in [0, 0.1) is 11.7 Å². The predicted octanol–water partition coefficient (Wildman–Crippen LogP) is 4.64. The largest absolute Gasteiger partial charge is 0.388 e. The van der Waals surface area contributed by atoms with E-state index in [2.05, 4.69) is 0 Å². The van der Waals surface area contributed by atoms with Gasteiger partial charge in [0, 0.05) is 11.6 Å². The third-order valence-electron chi connectivity index (χ3n) is 5.02. The quantitative estimate of drug-likeness (QED) is 0.862. The van der Waals surface area contributed by atoms with E-state index >= 15 is 0 Å². The second kappa shape index (κ2) is 6.23. The average molecular weight is 313 g/mol. The summed E-state index contributed by atoms with van der Waals surface area (Å²) < 4.78 is 19.2. The summed E-state index contributed by atoms with van der Waals surface area (Å²) in [5.74, 6) is -0.230. The molecule has 4 heteroatoms.